The number of nitrogens with zero attached hydrogens (tertiary/aromatic N) is 3. The molecule has 0 saturated carbocycles. The van der Waals surface area contributed by atoms with Crippen LogP contribution >= 0.6 is 0 Å². The number of rotatable bonds is 8. The van der Waals surface area contributed by atoms with Crippen molar-refractivity contribution in [2.24, 2.45) is 0 Å². The number of ether oxygens (including phenoxy) is 1. The molecule has 1 fully saturated rings. The average Bonchev–Trinajstić information content (AvgIpc) is 2.70. The molecule has 1 saturated heterocycles. The molecule has 0 bridgehead atoms. The molecule has 0 unspecified atom stereocenters. The lowest BCUT2D eigenvalue weighted by Crippen LogP contribution is -2.44. The summed E-state index contributed by atoms with van der Waals surface area (Å²) in [6, 6.07) is 7.00. The van der Waals surface area contributed by atoms with Crippen LogP contribution in [-0.2, 0) is 11.3 Å². The highest BCUT2D eigenvalue weighted by molar-refractivity contribution is 5.76. The summed E-state index contributed by atoms with van der Waals surface area (Å²) in [5, 5.41) is 6.12. The van der Waals surface area contributed by atoms with Crippen molar-refractivity contribution >= 4 is 11.9 Å². The Labute approximate surface area is 164 Å². The molecule has 1 aliphatic heterocycles. The van der Waals surface area contributed by atoms with Crippen molar-refractivity contribution in [3.8, 4) is 5.75 Å². The minimum atomic E-state index is -0.336. The predicted molar refractivity (Wildman–Crippen MR) is 105 cm³/mol. The molecule has 28 heavy (non-hydrogen) atoms. The number of piperidine rings is 1. The quantitative estimate of drug-likeness (QED) is 0.723. The number of benzene rings is 1. The summed E-state index contributed by atoms with van der Waals surface area (Å²) in [4.78, 5) is 22.5. The van der Waals surface area contributed by atoms with Crippen molar-refractivity contribution in [1.29, 1.82) is 0 Å². The third-order valence-electron chi connectivity index (χ3n) is 4.78. The second-order valence-corrected chi connectivity index (χ2v) is 6.84. The van der Waals surface area contributed by atoms with E-state index in [0.29, 0.717) is 25.5 Å². The van der Waals surface area contributed by atoms with Crippen LogP contribution in [0.25, 0.3) is 0 Å². The molecular weight excluding hydrogens is 361 g/mol. The highest BCUT2D eigenvalue weighted by Crippen LogP contribution is 2.20. The third kappa shape index (κ3) is 5.88. The van der Waals surface area contributed by atoms with Gasteiger partial charge < -0.3 is 15.4 Å². The molecule has 1 amide bonds. The summed E-state index contributed by atoms with van der Waals surface area (Å²) in [5.74, 6) is 0.479. The maximum absolute atomic E-state index is 13.8. The summed E-state index contributed by atoms with van der Waals surface area (Å²) in [6.07, 6.45) is 5.47. The SMILES string of the molecule is COc1ccc(CN2CCC(NC(=O)CCNc3ncccn3)CC2)cc1F. The first-order chi connectivity index (χ1) is 13.6. The van der Waals surface area contributed by atoms with E-state index >= 15 is 0 Å². The van der Waals surface area contributed by atoms with Crippen LogP contribution in [0.1, 0.15) is 24.8 Å². The minimum absolute atomic E-state index is 0.0270. The van der Waals surface area contributed by atoms with Gasteiger partial charge in [-0.15, -0.1) is 0 Å². The molecule has 8 heteroatoms. The van der Waals surface area contributed by atoms with Gasteiger partial charge in [-0.1, -0.05) is 6.07 Å². The van der Waals surface area contributed by atoms with E-state index in [4.69, 9.17) is 4.74 Å². The largest absolute Gasteiger partial charge is 0.494 e. The van der Waals surface area contributed by atoms with Crippen molar-refractivity contribution in [1.82, 2.24) is 20.2 Å². The Morgan fingerprint density at radius 3 is 2.71 bits per heavy atom. The zero-order chi connectivity index (χ0) is 19.8. The molecule has 2 aromatic rings. The molecule has 1 aromatic heterocycles. The molecule has 2 N–H and O–H groups in total. The predicted octanol–water partition coefficient (Wildman–Crippen LogP) is 2.21. The van der Waals surface area contributed by atoms with E-state index in [2.05, 4.69) is 25.5 Å². The number of aromatic nitrogens is 2. The molecule has 1 aromatic carbocycles. The molecule has 2 heterocycles. The maximum atomic E-state index is 13.8. The smallest absolute Gasteiger partial charge is 0.222 e. The zero-order valence-electron chi connectivity index (χ0n) is 16.0. The number of amides is 1. The van der Waals surface area contributed by atoms with Crippen LogP contribution in [0.2, 0.25) is 0 Å². The Morgan fingerprint density at radius 2 is 2.04 bits per heavy atom. The monoisotopic (exact) mass is 387 g/mol. The van der Waals surface area contributed by atoms with Crippen LogP contribution in [0.3, 0.4) is 0 Å². The van der Waals surface area contributed by atoms with Gasteiger partial charge in [0.2, 0.25) is 11.9 Å². The van der Waals surface area contributed by atoms with E-state index in [1.165, 1.54) is 13.2 Å². The summed E-state index contributed by atoms with van der Waals surface area (Å²) >= 11 is 0. The number of anilines is 1. The molecule has 0 radical (unpaired) electrons. The first kappa shape index (κ1) is 20.0. The highest BCUT2D eigenvalue weighted by atomic mass is 19.1. The number of hydrogen-bond donors (Lipinski definition) is 2. The van der Waals surface area contributed by atoms with Crippen LogP contribution in [-0.4, -0.2) is 53.6 Å². The number of halogens is 1. The highest BCUT2D eigenvalue weighted by Gasteiger charge is 2.21. The van der Waals surface area contributed by atoms with Gasteiger partial charge in [0.15, 0.2) is 11.6 Å². The van der Waals surface area contributed by atoms with Gasteiger partial charge >= 0.3 is 0 Å². The number of carbonyl (C=O) groups excluding carboxylic acids is 1. The number of likely N-dealkylation sites (tertiary alicyclic amines) is 1. The third-order valence-corrected chi connectivity index (χ3v) is 4.78. The van der Waals surface area contributed by atoms with E-state index in [0.717, 1.165) is 31.5 Å². The lowest BCUT2D eigenvalue weighted by molar-refractivity contribution is -0.121. The van der Waals surface area contributed by atoms with E-state index in [-0.39, 0.29) is 23.5 Å². The lowest BCUT2D eigenvalue weighted by atomic mass is 10.0. The van der Waals surface area contributed by atoms with Gasteiger partial charge in [-0.05, 0) is 36.6 Å². The average molecular weight is 387 g/mol. The van der Waals surface area contributed by atoms with Crippen molar-refractivity contribution in [3.05, 3.63) is 48.0 Å². The fourth-order valence-corrected chi connectivity index (χ4v) is 3.28. The second kappa shape index (κ2) is 9.98. The zero-order valence-corrected chi connectivity index (χ0v) is 16.0. The van der Waals surface area contributed by atoms with Gasteiger partial charge in [0, 0.05) is 51.0 Å². The molecule has 1 aliphatic rings. The van der Waals surface area contributed by atoms with Crippen LogP contribution in [0.5, 0.6) is 5.75 Å². The molecular formula is C20H26FN5O2. The maximum Gasteiger partial charge on any atom is 0.222 e. The number of carbonyl (C=O) groups is 1. The number of nitrogens with one attached hydrogen (secondary N) is 2. The van der Waals surface area contributed by atoms with E-state index in [9.17, 15) is 9.18 Å². The molecule has 0 aliphatic carbocycles. The van der Waals surface area contributed by atoms with E-state index < -0.39 is 0 Å². The Hall–Kier alpha value is -2.74. The van der Waals surface area contributed by atoms with Crippen molar-refractivity contribution in [2.75, 3.05) is 32.1 Å². The number of hydrogen-bond acceptors (Lipinski definition) is 6. The summed E-state index contributed by atoms with van der Waals surface area (Å²) in [7, 11) is 1.46. The minimum Gasteiger partial charge on any atom is -0.494 e. The lowest BCUT2D eigenvalue weighted by Gasteiger charge is -2.32. The normalized spacial score (nSPS) is 15.2. The molecule has 150 valence electrons. The van der Waals surface area contributed by atoms with E-state index in [1.54, 1.807) is 24.5 Å². The van der Waals surface area contributed by atoms with Crippen molar-refractivity contribution in [2.45, 2.75) is 31.8 Å². The standard InChI is InChI=1S/C20H26FN5O2/c1-28-18-4-3-15(13-17(18)21)14-26-11-6-16(7-12-26)25-19(27)5-10-24-20-22-8-2-9-23-20/h2-4,8-9,13,16H,5-7,10-12,14H2,1H3,(H,25,27)(H,22,23,24). The van der Waals surface area contributed by atoms with Crippen LogP contribution in [0.15, 0.2) is 36.7 Å². The molecule has 0 spiro atoms. The Balaban J connectivity index is 1.35. The Kier molecular flexibility index (Phi) is 7.13. The number of methoxy groups -OCH3 is 1. The van der Waals surface area contributed by atoms with Gasteiger partial charge in [-0.2, -0.15) is 0 Å². The fourth-order valence-electron chi connectivity index (χ4n) is 3.28. The molecule has 0 atom stereocenters. The van der Waals surface area contributed by atoms with Crippen LogP contribution in [0, 0.1) is 5.82 Å². The van der Waals surface area contributed by atoms with Gasteiger partial charge in [0.1, 0.15) is 0 Å². The second-order valence-electron chi connectivity index (χ2n) is 6.84. The van der Waals surface area contributed by atoms with Gasteiger partial charge in [0.05, 0.1) is 7.11 Å². The van der Waals surface area contributed by atoms with Crippen LogP contribution < -0.4 is 15.4 Å². The first-order valence-corrected chi connectivity index (χ1v) is 9.49. The topological polar surface area (TPSA) is 79.4 Å². The van der Waals surface area contributed by atoms with Gasteiger partial charge in [-0.25, -0.2) is 14.4 Å². The Bertz CT molecular complexity index is 766. The van der Waals surface area contributed by atoms with Crippen molar-refractivity contribution in [3.63, 3.8) is 0 Å². The van der Waals surface area contributed by atoms with Crippen molar-refractivity contribution < 1.29 is 13.9 Å². The Morgan fingerprint density at radius 1 is 1.29 bits per heavy atom. The van der Waals surface area contributed by atoms with Gasteiger partial charge in [-0.3, -0.25) is 9.69 Å². The summed E-state index contributed by atoms with van der Waals surface area (Å²) in [6.45, 7) is 2.93. The van der Waals surface area contributed by atoms with E-state index in [1.807, 2.05) is 6.07 Å². The van der Waals surface area contributed by atoms with Gasteiger partial charge in [0.25, 0.3) is 0 Å². The molecule has 7 nitrogen and oxygen atoms in total. The first-order valence-electron chi connectivity index (χ1n) is 9.49. The fraction of sp³-hybridized carbons (Fsp3) is 0.450. The molecule has 3 rings (SSSR count). The summed E-state index contributed by atoms with van der Waals surface area (Å²) < 4.78 is 18.8. The van der Waals surface area contributed by atoms with Crippen LogP contribution in [0.4, 0.5) is 10.3 Å². The summed E-state index contributed by atoms with van der Waals surface area (Å²) in [5.41, 5.74) is 0.926.